The van der Waals surface area contributed by atoms with Crippen LogP contribution < -0.4 is 0 Å². The Labute approximate surface area is 377 Å². The second-order valence-corrected chi connectivity index (χ2v) is 17.1. The molecule has 0 heterocycles. The first-order chi connectivity index (χ1) is 30.0. The van der Waals surface area contributed by atoms with Crippen molar-refractivity contribution in [2.45, 2.75) is 258 Å². The van der Waals surface area contributed by atoms with E-state index in [2.05, 4.69) is 81.5 Å². The molecule has 0 spiro atoms. The fourth-order valence-electron chi connectivity index (χ4n) is 7.07. The fourth-order valence-corrected chi connectivity index (χ4v) is 7.07. The minimum Gasteiger partial charge on any atom is -0.462 e. The van der Waals surface area contributed by atoms with Crippen LogP contribution in [0.2, 0.25) is 0 Å². The molecule has 6 heteroatoms. The number of rotatable bonds is 46. The third kappa shape index (κ3) is 48.0. The molecule has 0 N–H and O–H groups in total. The molecule has 61 heavy (non-hydrogen) atoms. The highest BCUT2D eigenvalue weighted by molar-refractivity contribution is 5.71. The van der Waals surface area contributed by atoms with Crippen LogP contribution in [0, 0.1) is 0 Å². The van der Waals surface area contributed by atoms with E-state index in [1.807, 2.05) is 0 Å². The van der Waals surface area contributed by atoms with Crippen LogP contribution in [-0.2, 0) is 28.6 Å². The van der Waals surface area contributed by atoms with Gasteiger partial charge in [-0.15, -0.1) is 0 Å². The average molecular weight is 853 g/mol. The van der Waals surface area contributed by atoms with Gasteiger partial charge in [0.2, 0.25) is 0 Å². The van der Waals surface area contributed by atoms with Crippen LogP contribution in [-0.4, -0.2) is 37.2 Å². The van der Waals surface area contributed by atoms with Crippen LogP contribution in [0.1, 0.15) is 252 Å². The summed E-state index contributed by atoms with van der Waals surface area (Å²) in [7, 11) is 0. The SMILES string of the molecule is CCCCC/C=C\C/C=C\C/C=C\CCCCC(=O)O[C@H](COC(=O)CCCCCCCCC/C=C\C/C=C\CCCCC)COC(=O)CCCCCCCCCCCCC. The molecule has 0 aromatic carbocycles. The number of ether oxygens (including phenoxy) is 3. The predicted octanol–water partition coefficient (Wildman–Crippen LogP) is 16.9. The van der Waals surface area contributed by atoms with Gasteiger partial charge in [0.05, 0.1) is 0 Å². The van der Waals surface area contributed by atoms with Crippen molar-refractivity contribution in [2.75, 3.05) is 13.2 Å². The molecule has 0 rings (SSSR count). The molecule has 0 aliphatic carbocycles. The van der Waals surface area contributed by atoms with E-state index in [-0.39, 0.29) is 37.5 Å². The lowest BCUT2D eigenvalue weighted by molar-refractivity contribution is -0.167. The first-order valence-corrected chi connectivity index (χ1v) is 25.8. The van der Waals surface area contributed by atoms with Crippen LogP contribution in [0.25, 0.3) is 0 Å². The Morgan fingerprint density at radius 2 is 0.590 bits per heavy atom. The molecule has 0 aliphatic rings. The van der Waals surface area contributed by atoms with Crippen LogP contribution in [0.3, 0.4) is 0 Å². The normalized spacial score (nSPS) is 12.5. The summed E-state index contributed by atoms with van der Waals surface area (Å²) in [6, 6.07) is 0. The predicted molar refractivity (Wildman–Crippen MR) is 261 cm³/mol. The lowest BCUT2D eigenvalue weighted by Crippen LogP contribution is -2.30. The van der Waals surface area contributed by atoms with Gasteiger partial charge in [0, 0.05) is 19.3 Å². The first kappa shape index (κ1) is 58.1. The Kier molecular flexibility index (Phi) is 47.4. The Hall–Kier alpha value is -2.89. The summed E-state index contributed by atoms with van der Waals surface area (Å²) in [5, 5.41) is 0. The summed E-state index contributed by atoms with van der Waals surface area (Å²) >= 11 is 0. The summed E-state index contributed by atoms with van der Waals surface area (Å²) in [5.74, 6) is -0.934. The maximum Gasteiger partial charge on any atom is 0.306 e. The van der Waals surface area contributed by atoms with E-state index in [1.165, 1.54) is 128 Å². The van der Waals surface area contributed by atoms with E-state index in [0.717, 1.165) is 77.0 Å². The molecule has 0 bridgehead atoms. The Balaban J connectivity index is 4.43. The van der Waals surface area contributed by atoms with Gasteiger partial charge < -0.3 is 14.2 Å². The van der Waals surface area contributed by atoms with Crippen LogP contribution >= 0.6 is 0 Å². The minimum absolute atomic E-state index is 0.0905. The summed E-state index contributed by atoms with van der Waals surface area (Å²) in [6.07, 6.45) is 60.6. The van der Waals surface area contributed by atoms with Gasteiger partial charge in [-0.25, -0.2) is 0 Å². The van der Waals surface area contributed by atoms with Gasteiger partial charge in [-0.3, -0.25) is 14.4 Å². The number of hydrogen-bond acceptors (Lipinski definition) is 6. The van der Waals surface area contributed by atoms with Crippen molar-refractivity contribution in [2.24, 2.45) is 0 Å². The zero-order chi connectivity index (χ0) is 44.4. The highest BCUT2D eigenvalue weighted by atomic mass is 16.6. The van der Waals surface area contributed by atoms with Gasteiger partial charge in [-0.05, 0) is 89.9 Å². The molecule has 0 radical (unpaired) electrons. The molecule has 352 valence electrons. The molecule has 0 aromatic heterocycles. The molecule has 0 saturated carbocycles. The van der Waals surface area contributed by atoms with Gasteiger partial charge in [0.25, 0.3) is 0 Å². The lowest BCUT2D eigenvalue weighted by atomic mass is 10.1. The Morgan fingerprint density at radius 3 is 0.984 bits per heavy atom. The number of hydrogen-bond donors (Lipinski definition) is 0. The zero-order valence-electron chi connectivity index (χ0n) is 40.2. The lowest BCUT2D eigenvalue weighted by Gasteiger charge is -2.18. The highest BCUT2D eigenvalue weighted by Crippen LogP contribution is 2.14. The van der Waals surface area contributed by atoms with Crippen molar-refractivity contribution in [3.05, 3.63) is 60.8 Å². The largest absolute Gasteiger partial charge is 0.462 e. The second kappa shape index (κ2) is 49.8. The number of esters is 3. The highest BCUT2D eigenvalue weighted by Gasteiger charge is 2.19. The van der Waals surface area contributed by atoms with Crippen molar-refractivity contribution in [3.8, 4) is 0 Å². The summed E-state index contributed by atoms with van der Waals surface area (Å²) < 4.78 is 16.7. The van der Waals surface area contributed by atoms with Gasteiger partial charge in [0.1, 0.15) is 13.2 Å². The maximum absolute atomic E-state index is 12.8. The molecule has 0 aromatic rings. The summed E-state index contributed by atoms with van der Waals surface area (Å²) in [4.78, 5) is 37.9. The molecule has 0 amide bonds. The first-order valence-electron chi connectivity index (χ1n) is 25.8. The Morgan fingerprint density at radius 1 is 0.328 bits per heavy atom. The van der Waals surface area contributed by atoms with Crippen molar-refractivity contribution in [1.29, 1.82) is 0 Å². The van der Waals surface area contributed by atoms with Crippen molar-refractivity contribution in [3.63, 3.8) is 0 Å². The molecule has 0 fully saturated rings. The molecular formula is C55H96O6. The molecule has 6 nitrogen and oxygen atoms in total. The van der Waals surface area contributed by atoms with Crippen molar-refractivity contribution < 1.29 is 28.6 Å². The van der Waals surface area contributed by atoms with Crippen LogP contribution in [0.4, 0.5) is 0 Å². The van der Waals surface area contributed by atoms with Crippen LogP contribution in [0.5, 0.6) is 0 Å². The van der Waals surface area contributed by atoms with E-state index < -0.39 is 6.10 Å². The molecular weight excluding hydrogens is 757 g/mol. The second-order valence-electron chi connectivity index (χ2n) is 17.1. The van der Waals surface area contributed by atoms with Crippen molar-refractivity contribution >= 4 is 17.9 Å². The third-order valence-electron chi connectivity index (χ3n) is 11.0. The van der Waals surface area contributed by atoms with E-state index >= 15 is 0 Å². The van der Waals surface area contributed by atoms with E-state index in [4.69, 9.17) is 14.2 Å². The monoisotopic (exact) mass is 853 g/mol. The molecule has 1 atom stereocenters. The Bertz CT molecular complexity index is 1120. The quantitative estimate of drug-likeness (QED) is 0.0263. The fraction of sp³-hybridized carbons (Fsp3) is 0.764. The van der Waals surface area contributed by atoms with Gasteiger partial charge in [0.15, 0.2) is 6.10 Å². The minimum atomic E-state index is -0.794. The topological polar surface area (TPSA) is 78.9 Å². The number of unbranched alkanes of at least 4 members (excludes halogenated alkanes) is 25. The van der Waals surface area contributed by atoms with E-state index in [1.54, 1.807) is 0 Å². The van der Waals surface area contributed by atoms with Gasteiger partial charge in [-0.1, -0.05) is 204 Å². The molecule has 0 unspecified atom stereocenters. The van der Waals surface area contributed by atoms with Crippen LogP contribution in [0.15, 0.2) is 60.8 Å². The maximum atomic E-state index is 12.8. The number of carbonyl (C=O) groups excluding carboxylic acids is 3. The van der Waals surface area contributed by atoms with Gasteiger partial charge >= 0.3 is 17.9 Å². The van der Waals surface area contributed by atoms with E-state index in [9.17, 15) is 14.4 Å². The smallest absolute Gasteiger partial charge is 0.306 e. The third-order valence-corrected chi connectivity index (χ3v) is 11.0. The van der Waals surface area contributed by atoms with Gasteiger partial charge in [-0.2, -0.15) is 0 Å². The average Bonchev–Trinajstić information content (AvgIpc) is 3.26. The summed E-state index contributed by atoms with van der Waals surface area (Å²) in [5.41, 5.74) is 0. The van der Waals surface area contributed by atoms with Crippen molar-refractivity contribution in [1.82, 2.24) is 0 Å². The standard InChI is InChI=1S/C55H96O6/c1-4-7-10-13-16-19-22-24-26-27-29-30-33-36-39-42-45-48-54(57)60-51-52(50-59-53(56)47-44-41-38-35-32-21-18-15-12-9-6-3)61-55(58)49-46-43-40-37-34-31-28-25-23-20-17-14-11-8-5-2/h16-17,19-20,24-26,28,34,37,52H,4-15,18,21-23,27,29-33,35-36,38-51H2,1-3H3/b19-16-,20-17-,26-24-,28-25-,37-34-/t52-/m0/s1. The molecule has 0 aliphatic heterocycles. The number of allylic oxidation sites excluding steroid dienone is 10. The number of carbonyl (C=O) groups is 3. The molecule has 0 saturated heterocycles. The summed E-state index contributed by atoms with van der Waals surface area (Å²) in [6.45, 7) is 6.54. The zero-order valence-corrected chi connectivity index (χ0v) is 40.2. The van der Waals surface area contributed by atoms with E-state index in [0.29, 0.717) is 19.3 Å².